The fourth-order valence-corrected chi connectivity index (χ4v) is 9.45. The van der Waals surface area contributed by atoms with E-state index in [1.165, 1.54) is 45.9 Å². The number of ketones is 3. The minimum atomic E-state index is -1.54. The first-order valence-electron chi connectivity index (χ1n) is 21.2. The highest BCUT2D eigenvalue weighted by Crippen LogP contribution is 2.29. The van der Waals surface area contributed by atoms with Gasteiger partial charge in [-0.3, -0.25) is 33.6 Å². The predicted octanol–water partition coefficient (Wildman–Crippen LogP) is 4.64. The summed E-state index contributed by atoms with van der Waals surface area (Å²) in [6, 6.07) is 8.24. The minimum Gasteiger partial charge on any atom is -0.508 e. The third kappa shape index (κ3) is 22.4. The lowest BCUT2D eigenvalue weighted by atomic mass is 9.90. The molecule has 0 aliphatic carbocycles. The highest BCUT2D eigenvalue weighted by molar-refractivity contribution is 8.83. The van der Waals surface area contributed by atoms with Crippen LogP contribution in [-0.2, 0) is 55.9 Å². The van der Waals surface area contributed by atoms with Crippen molar-refractivity contribution in [3.05, 3.63) is 59.7 Å². The van der Waals surface area contributed by atoms with Crippen molar-refractivity contribution in [2.45, 2.75) is 109 Å². The van der Waals surface area contributed by atoms with Crippen LogP contribution in [0.25, 0.3) is 0 Å². The van der Waals surface area contributed by atoms with Gasteiger partial charge in [-0.05, 0) is 92.1 Å². The number of nitrogens with zero attached hydrogens (tertiary/aromatic N) is 1. The average Bonchev–Trinajstić information content (AvgIpc) is 3.26. The summed E-state index contributed by atoms with van der Waals surface area (Å²) >= 11 is 5.44. The molecule has 2 aromatic carbocycles. The number of aliphatic carboxylic acids is 3. The molecule has 0 unspecified atom stereocenters. The first-order chi connectivity index (χ1) is 31.3. The molecule has 0 saturated heterocycles. The molecule has 3 amide bonds. The summed E-state index contributed by atoms with van der Waals surface area (Å²) in [6.07, 6.45) is -3.42. The van der Waals surface area contributed by atoms with Gasteiger partial charge >= 0.3 is 23.9 Å². The zero-order valence-electron chi connectivity index (χ0n) is 36.7. The summed E-state index contributed by atoms with van der Waals surface area (Å²) in [7, 11) is 2.57. The number of thiocarbonyl (C=S) groups is 1. The number of nitrogens with one attached hydrogen (secondary N) is 3. The number of rotatable bonds is 33. The molecular formula is C44H58N4O15S3. The minimum absolute atomic E-state index is 0.00184. The first kappa shape index (κ1) is 56.4. The van der Waals surface area contributed by atoms with Crippen LogP contribution in [0.5, 0.6) is 11.5 Å². The second kappa shape index (κ2) is 30.5. The van der Waals surface area contributed by atoms with Crippen LogP contribution < -0.4 is 16.0 Å². The number of phenolic OH excluding ortho intramolecular Hbond substituents is 2. The zero-order valence-corrected chi connectivity index (χ0v) is 39.1. The number of urea groups is 1. The Bertz CT molecular complexity index is 1970. The second-order valence-electron chi connectivity index (χ2n) is 15.2. The van der Waals surface area contributed by atoms with Crippen LogP contribution in [0, 0.1) is 11.8 Å². The highest BCUT2D eigenvalue weighted by atomic mass is 33.1. The molecule has 0 fully saturated rings. The lowest BCUT2D eigenvalue weighted by molar-refractivity contribution is -0.142. The van der Waals surface area contributed by atoms with E-state index in [4.69, 9.17) is 17.3 Å². The van der Waals surface area contributed by atoms with Crippen LogP contribution in [0.1, 0.15) is 89.2 Å². The fourth-order valence-electron chi connectivity index (χ4n) is 6.44. The predicted molar refractivity (Wildman–Crippen MR) is 249 cm³/mol. The Morgan fingerprint density at radius 2 is 1.29 bits per heavy atom. The third-order valence-corrected chi connectivity index (χ3v) is 13.3. The molecule has 66 heavy (non-hydrogen) atoms. The number of aromatic hydroxyl groups is 2. The molecule has 0 spiro atoms. The fraction of sp³-hybridized carbons (Fsp3) is 0.500. The Morgan fingerprint density at radius 1 is 0.697 bits per heavy atom. The maximum atomic E-state index is 14.1. The van der Waals surface area contributed by atoms with Crippen LogP contribution in [0.4, 0.5) is 4.79 Å². The van der Waals surface area contributed by atoms with Crippen LogP contribution >= 0.6 is 33.8 Å². The van der Waals surface area contributed by atoms with Gasteiger partial charge in [-0.1, -0.05) is 47.3 Å². The molecule has 22 heteroatoms. The van der Waals surface area contributed by atoms with Gasteiger partial charge in [0.15, 0.2) is 12.0 Å². The molecule has 2 aromatic rings. The van der Waals surface area contributed by atoms with E-state index in [1.807, 2.05) is 18.7 Å². The van der Waals surface area contributed by atoms with E-state index >= 15 is 0 Å². The topological polar surface area (TPSA) is 303 Å². The van der Waals surface area contributed by atoms with Crippen LogP contribution in [-0.4, -0.2) is 126 Å². The summed E-state index contributed by atoms with van der Waals surface area (Å²) in [4.78, 5) is 114. The molecule has 0 aliphatic rings. The van der Waals surface area contributed by atoms with Gasteiger partial charge in [0.05, 0.1) is 18.4 Å². The Morgan fingerprint density at radius 3 is 1.83 bits per heavy atom. The van der Waals surface area contributed by atoms with E-state index in [-0.39, 0.29) is 100 Å². The Kier molecular flexibility index (Phi) is 26.0. The van der Waals surface area contributed by atoms with Gasteiger partial charge < -0.3 is 51.1 Å². The van der Waals surface area contributed by atoms with Crippen LogP contribution in [0.2, 0.25) is 0 Å². The summed E-state index contributed by atoms with van der Waals surface area (Å²) in [6.45, 7) is 5.31. The Hall–Kier alpha value is -5.74. The standard InChI is InChI=1S/C44H58N4O15S3/c1-3-48(4-2)44(64)66-65-25-29(41(58)59)12-19-37(54)36(23-28-10-15-33(52)16-11-28)45-40(57)30(22-27-8-13-32(51)14-9-27)24-34(53)7-5-6-31(50)17-18-35(42(60)61)46-43(62)47-38(63-26-49)20-21-39(55)56/h8-11,13-16,26,29-30,35-36,38,51-52H,3-7,12,17-25H2,1-2H3,(H,45,57)(H,55,56)(H,58,59)(H,60,61)(H2,46,47,62)/t29-,30-,35+,36+,38-/m1/s1. The van der Waals surface area contributed by atoms with E-state index in [9.17, 15) is 63.6 Å². The number of phenols is 2. The number of hydrogen-bond acceptors (Lipinski definition) is 15. The van der Waals surface area contributed by atoms with Gasteiger partial charge in [0.25, 0.3) is 6.47 Å². The lowest BCUT2D eigenvalue weighted by Gasteiger charge is -2.23. The number of amides is 3. The van der Waals surface area contributed by atoms with E-state index in [1.54, 1.807) is 24.3 Å². The first-order valence-corrected chi connectivity index (χ1v) is 23.9. The molecular weight excluding hydrogens is 921 g/mol. The van der Waals surface area contributed by atoms with Gasteiger partial charge in [0.2, 0.25) is 5.91 Å². The number of carbonyl (C=O) groups is 9. The van der Waals surface area contributed by atoms with Crippen molar-refractivity contribution in [1.29, 1.82) is 0 Å². The summed E-state index contributed by atoms with van der Waals surface area (Å²) in [5.74, 6) is -7.46. The summed E-state index contributed by atoms with van der Waals surface area (Å²) < 4.78 is 5.24. The van der Waals surface area contributed by atoms with E-state index in [0.29, 0.717) is 28.5 Å². The number of ether oxygens (including phenoxy) is 1. The van der Waals surface area contributed by atoms with Crippen LogP contribution in [0.3, 0.4) is 0 Å². The molecule has 0 aromatic heterocycles. The number of carbonyl (C=O) groups excluding carboxylic acids is 6. The monoisotopic (exact) mass is 978 g/mol. The average molecular weight is 979 g/mol. The van der Waals surface area contributed by atoms with Crippen molar-refractivity contribution in [2.75, 3.05) is 18.8 Å². The molecule has 0 radical (unpaired) electrons. The molecule has 8 N–H and O–H groups in total. The number of Topliss-reactive ketones (excluding diaryl/α,β-unsaturated/α-hetero) is 3. The van der Waals surface area contributed by atoms with Crippen molar-refractivity contribution in [3.63, 3.8) is 0 Å². The van der Waals surface area contributed by atoms with Crippen molar-refractivity contribution in [1.82, 2.24) is 20.9 Å². The molecule has 362 valence electrons. The number of benzene rings is 2. The molecule has 5 atom stereocenters. The number of hydrogen-bond donors (Lipinski definition) is 8. The summed E-state index contributed by atoms with van der Waals surface area (Å²) in [5.41, 5.74) is 1.19. The Balaban J connectivity index is 2.13. The van der Waals surface area contributed by atoms with Crippen molar-refractivity contribution >= 4 is 91.8 Å². The molecule has 2 rings (SSSR count). The normalized spacial score (nSPS) is 13.1. The molecule has 0 heterocycles. The van der Waals surface area contributed by atoms with Gasteiger partial charge in [-0.25, -0.2) is 9.59 Å². The number of carboxylic acids is 3. The quantitative estimate of drug-likeness (QED) is 0.0209. The molecule has 0 bridgehead atoms. The smallest absolute Gasteiger partial charge is 0.326 e. The van der Waals surface area contributed by atoms with Gasteiger partial charge in [0.1, 0.15) is 33.4 Å². The molecule has 0 saturated carbocycles. The maximum absolute atomic E-state index is 14.1. The van der Waals surface area contributed by atoms with Crippen molar-refractivity contribution in [2.24, 2.45) is 11.8 Å². The third-order valence-electron chi connectivity index (χ3n) is 10.2. The molecule has 0 aliphatic heterocycles. The van der Waals surface area contributed by atoms with Crippen molar-refractivity contribution < 1.29 is 73.4 Å². The van der Waals surface area contributed by atoms with E-state index in [2.05, 4.69) is 20.7 Å². The van der Waals surface area contributed by atoms with E-state index < -0.39 is 78.0 Å². The summed E-state index contributed by atoms with van der Waals surface area (Å²) in [5, 5.41) is 55.1. The second-order valence-corrected chi connectivity index (χ2v) is 18.2. The van der Waals surface area contributed by atoms with Crippen molar-refractivity contribution in [3.8, 4) is 11.5 Å². The maximum Gasteiger partial charge on any atom is 0.326 e. The SMILES string of the molecule is CCN(CC)C(=S)SSC[C@@H](CCC(=O)[C@H](Cc1ccc(O)cc1)NC(=O)[C@@H](CC(=O)CCCC(=O)CC[C@H](NC(=O)N[C@@H](CCC(=O)O)OC=O)C(=O)O)Cc1ccc(O)cc1)C(=O)O. The van der Waals surface area contributed by atoms with E-state index in [0.717, 1.165) is 0 Å². The lowest BCUT2D eigenvalue weighted by Crippen LogP contribution is -2.49. The largest absolute Gasteiger partial charge is 0.508 e. The molecule has 19 nitrogen and oxygen atoms in total. The van der Waals surface area contributed by atoms with Gasteiger partial charge in [0, 0.05) is 63.3 Å². The number of carboxylic acid groups (broad SMARTS) is 3. The highest BCUT2D eigenvalue weighted by Gasteiger charge is 2.30. The zero-order chi connectivity index (χ0) is 49.2. The van der Waals surface area contributed by atoms with Crippen LogP contribution in [0.15, 0.2) is 48.5 Å². The Labute approximate surface area is 395 Å². The van der Waals surface area contributed by atoms with Gasteiger partial charge in [-0.2, -0.15) is 0 Å². The van der Waals surface area contributed by atoms with Gasteiger partial charge in [-0.15, -0.1) is 0 Å².